The summed E-state index contributed by atoms with van der Waals surface area (Å²) in [5, 5.41) is 4.46. The lowest BCUT2D eigenvalue weighted by molar-refractivity contribution is -0.141. The molecule has 2 aromatic rings. The second kappa shape index (κ2) is 6.11. The van der Waals surface area contributed by atoms with Crippen LogP contribution in [0.3, 0.4) is 0 Å². The summed E-state index contributed by atoms with van der Waals surface area (Å²) in [4.78, 5) is 25.4. The van der Waals surface area contributed by atoms with Crippen LogP contribution in [0.2, 0.25) is 0 Å². The number of benzene rings is 1. The Hall–Kier alpha value is -2.79. The highest BCUT2D eigenvalue weighted by Gasteiger charge is 2.19. The standard InChI is InChI=1S/C14H14N4O3/c1-9(19)18-7-12(11-5-3-4-6-14(11)18)13(16-17-15)8-21-10(2)20/h3-7,13H,8H2,1-2H3/t13-/m0/s1. The number of para-hydroxylation sites is 1. The van der Waals surface area contributed by atoms with E-state index in [0.29, 0.717) is 5.56 Å². The van der Waals surface area contributed by atoms with Gasteiger partial charge >= 0.3 is 5.97 Å². The average Bonchev–Trinajstić information content (AvgIpc) is 2.83. The summed E-state index contributed by atoms with van der Waals surface area (Å²) in [7, 11) is 0. The highest BCUT2D eigenvalue weighted by atomic mass is 16.5. The number of carbonyl (C=O) groups excluding carboxylic acids is 2. The Morgan fingerprint density at radius 3 is 2.71 bits per heavy atom. The van der Waals surface area contributed by atoms with E-state index in [1.165, 1.54) is 18.4 Å². The highest BCUT2D eigenvalue weighted by Crippen LogP contribution is 2.29. The molecule has 0 amide bonds. The number of azide groups is 1. The van der Waals surface area contributed by atoms with Crippen LogP contribution in [0.5, 0.6) is 0 Å². The lowest BCUT2D eigenvalue weighted by Crippen LogP contribution is -2.09. The molecule has 1 aromatic carbocycles. The predicted octanol–water partition coefficient (Wildman–Crippen LogP) is 3.22. The molecule has 1 atom stereocenters. The number of hydrogen-bond acceptors (Lipinski definition) is 4. The Kier molecular flexibility index (Phi) is 4.25. The second-order valence-corrected chi connectivity index (χ2v) is 4.51. The molecule has 1 heterocycles. The largest absolute Gasteiger partial charge is 0.465 e. The minimum Gasteiger partial charge on any atom is -0.465 e. The third-order valence-corrected chi connectivity index (χ3v) is 3.08. The third-order valence-electron chi connectivity index (χ3n) is 3.08. The summed E-state index contributed by atoms with van der Waals surface area (Å²) in [6.45, 7) is 2.67. The molecule has 0 fully saturated rings. The molecule has 21 heavy (non-hydrogen) atoms. The number of esters is 1. The first-order chi connectivity index (χ1) is 10.0. The number of rotatable bonds is 4. The molecule has 0 bridgehead atoms. The van der Waals surface area contributed by atoms with Gasteiger partial charge in [-0.25, -0.2) is 0 Å². The third kappa shape index (κ3) is 3.04. The summed E-state index contributed by atoms with van der Waals surface area (Å²) >= 11 is 0. The fourth-order valence-electron chi connectivity index (χ4n) is 2.18. The zero-order chi connectivity index (χ0) is 15.4. The van der Waals surface area contributed by atoms with E-state index in [9.17, 15) is 9.59 Å². The van der Waals surface area contributed by atoms with E-state index in [-0.39, 0.29) is 12.5 Å². The summed E-state index contributed by atoms with van der Waals surface area (Å²) in [6.07, 6.45) is 1.62. The number of nitrogens with zero attached hydrogens (tertiary/aromatic N) is 4. The van der Waals surface area contributed by atoms with Crippen molar-refractivity contribution in [2.24, 2.45) is 5.11 Å². The van der Waals surface area contributed by atoms with E-state index >= 15 is 0 Å². The van der Waals surface area contributed by atoms with E-state index < -0.39 is 12.0 Å². The maximum absolute atomic E-state index is 11.7. The predicted molar refractivity (Wildman–Crippen MR) is 76.8 cm³/mol. The van der Waals surface area contributed by atoms with Gasteiger partial charge in [-0.3, -0.25) is 14.2 Å². The van der Waals surface area contributed by atoms with Crippen LogP contribution in [0.4, 0.5) is 0 Å². The lowest BCUT2D eigenvalue weighted by Gasteiger charge is -2.10. The van der Waals surface area contributed by atoms with Crippen LogP contribution >= 0.6 is 0 Å². The van der Waals surface area contributed by atoms with E-state index in [2.05, 4.69) is 10.0 Å². The maximum atomic E-state index is 11.7. The van der Waals surface area contributed by atoms with Crippen LogP contribution < -0.4 is 0 Å². The summed E-state index contributed by atoms with van der Waals surface area (Å²) < 4.78 is 6.42. The quantitative estimate of drug-likeness (QED) is 0.373. The van der Waals surface area contributed by atoms with Crippen LogP contribution in [-0.2, 0) is 9.53 Å². The molecule has 0 saturated heterocycles. The minimum atomic E-state index is -0.676. The van der Waals surface area contributed by atoms with Gasteiger partial charge in [0.2, 0.25) is 5.91 Å². The minimum absolute atomic E-state index is 0.0642. The van der Waals surface area contributed by atoms with Crippen LogP contribution in [-0.4, -0.2) is 23.1 Å². The maximum Gasteiger partial charge on any atom is 0.302 e. The van der Waals surface area contributed by atoms with E-state index in [1.807, 2.05) is 18.2 Å². The first kappa shape index (κ1) is 14.6. The molecule has 0 saturated carbocycles. The number of ether oxygens (including phenoxy) is 1. The van der Waals surface area contributed by atoms with Gasteiger partial charge in [0, 0.05) is 30.3 Å². The fourth-order valence-corrected chi connectivity index (χ4v) is 2.18. The molecule has 0 spiro atoms. The van der Waals surface area contributed by atoms with Crippen molar-refractivity contribution in [3.8, 4) is 0 Å². The summed E-state index contributed by atoms with van der Waals surface area (Å²) in [6, 6.07) is 6.61. The molecule has 0 radical (unpaired) electrons. The van der Waals surface area contributed by atoms with Crippen LogP contribution in [0.15, 0.2) is 35.6 Å². The molecule has 0 aliphatic carbocycles. The van der Waals surface area contributed by atoms with Gasteiger partial charge in [-0.15, -0.1) is 0 Å². The van der Waals surface area contributed by atoms with Gasteiger partial charge in [-0.05, 0) is 17.2 Å². The number of fused-ring (bicyclic) bond motifs is 1. The van der Waals surface area contributed by atoms with Gasteiger partial charge in [-0.2, -0.15) is 0 Å². The van der Waals surface area contributed by atoms with Crippen molar-refractivity contribution >= 4 is 22.8 Å². The topological polar surface area (TPSA) is 97.1 Å². The SMILES string of the molecule is CC(=O)OC[C@H](N=[N+]=[N-])c1cn(C(C)=O)c2ccccc12. The second-order valence-electron chi connectivity index (χ2n) is 4.51. The zero-order valence-corrected chi connectivity index (χ0v) is 11.7. The Labute approximate surface area is 120 Å². The van der Waals surface area contributed by atoms with Crippen LogP contribution in [0.25, 0.3) is 21.3 Å². The molecular weight excluding hydrogens is 272 g/mol. The van der Waals surface area contributed by atoms with Crippen molar-refractivity contribution in [1.29, 1.82) is 0 Å². The molecule has 0 aliphatic heterocycles. The molecule has 7 heteroatoms. The molecule has 7 nitrogen and oxygen atoms in total. The van der Waals surface area contributed by atoms with Gasteiger partial charge in [0.25, 0.3) is 0 Å². The van der Waals surface area contributed by atoms with Crippen LogP contribution in [0.1, 0.15) is 30.2 Å². The average molecular weight is 286 g/mol. The van der Waals surface area contributed by atoms with Crippen molar-refractivity contribution in [1.82, 2.24) is 4.57 Å². The first-order valence-corrected chi connectivity index (χ1v) is 6.33. The monoisotopic (exact) mass is 286 g/mol. The van der Waals surface area contributed by atoms with Gasteiger partial charge in [0.1, 0.15) is 6.61 Å². The summed E-state index contributed by atoms with van der Waals surface area (Å²) in [5.41, 5.74) is 10.1. The highest BCUT2D eigenvalue weighted by molar-refractivity contribution is 5.93. The molecule has 108 valence electrons. The van der Waals surface area contributed by atoms with Crippen molar-refractivity contribution in [2.45, 2.75) is 19.9 Å². The molecule has 0 N–H and O–H groups in total. The van der Waals surface area contributed by atoms with Gasteiger partial charge in [0.15, 0.2) is 0 Å². The van der Waals surface area contributed by atoms with E-state index in [1.54, 1.807) is 12.3 Å². The summed E-state index contributed by atoms with van der Waals surface area (Å²) in [5.74, 6) is -0.604. The van der Waals surface area contributed by atoms with Crippen molar-refractivity contribution < 1.29 is 14.3 Å². The molecule has 1 aromatic heterocycles. The normalized spacial score (nSPS) is 11.7. The Bertz CT molecular complexity index is 744. The van der Waals surface area contributed by atoms with Crippen molar-refractivity contribution in [2.75, 3.05) is 6.61 Å². The van der Waals surface area contributed by atoms with Crippen molar-refractivity contribution in [3.05, 3.63) is 46.5 Å². The van der Waals surface area contributed by atoms with Crippen molar-refractivity contribution in [3.63, 3.8) is 0 Å². The first-order valence-electron chi connectivity index (χ1n) is 6.33. The molecule has 0 aliphatic rings. The van der Waals surface area contributed by atoms with Gasteiger partial charge in [0.05, 0.1) is 11.6 Å². The molecular formula is C14H14N4O3. The van der Waals surface area contributed by atoms with E-state index in [4.69, 9.17) is 10.3 Å². The van der Waals surface area contributed by atoms with Gasteiger partial charge < -0.3 is 4.74 Å². The molecule has 2 rings (SSSR count). The van der Waals surface area contributed by atoms with Crippen LogP contribution in [0, 0.1) is 0 Å². The number of carbonyl (C=O) groups is 2. The number of hydrogen-bond donors (Lipinski definition) is 0. The zero-order valence-electron chi connectivity index (χ0n) is 11.7. The Morgan fingerprint density at radius 2 is 2.10 bits per heavy atom. The Morgan fingerprint density at radius 1 is 1.38 bits per heavy atom. The lowest BCUT2D eigenvalue weighted by atomic mass is 10.1. The van der Waals surface area contributed by atoms with E-state index in [0.717, 1.165) is 10.9 Å². The van der Waals surface area contributed by atoms with Gasteiger partial charge in [-0.1, -0.05) is 23.3 Å². The molecule has 0 unspecified atom stereocenters. The fraction of sp³-hybridized carbons (Fsp3) is 0.286. The smallest absolute Gasteiger partial charge is 0.302 e. The Balaban J connectivity index is 2.54. The number of aromatic nitrogens is 1.